The molecule has 3 aromatic carbocycles. The number of anilines is 1. The van der Waals surface area contributed by atoms with Crippen molar-refractivity contribution in [3.05, 3.63) is 105 Å². The number of nitro benzene ring substituents is 1. The molecule has 0 unspecified atom stereocenters. The summed E-state index contributed by atoms with van der Waals surface area (Å²) in [5.41, 5.74) is 2.07. The molecule has 1 aliphatic heterocycles. The SMILES string of the molecule is O=C1NN(c2ccccc2)C(=O)/C1=C\c1cccc([N+](=O)[O-])c1OC(=O)c1ccccc1Cl. The Bertz CT molecular complexity index is 1320. The Labute approximate surface area is 192 Å². The second kappa shape index (κ2) is 8.93. The van der Waals surface area contributed by atoms with Crippen LogP contribution in [0.25, 0.3) is 6.08 Å². The molecule has 1 fully saturated rings. The van der Waals surface area contributed by atoms with Crippen molar-refractivity contribution >= 4 is 46.8 Å². The number of carbonyl (C=O) groups excluding carboxylic acids is 3. The number of hydrazine groups is 1. The Morgan fingerprint density at radius 3 is 2.39 bits per heavy atom. The molecule has 1 heterocycles. The molecule has 0 aliphatic carbocycles. The van der Waals surface area contributed by atoms with E-state index < -0.39 is 34.1 Å². The van der Waals surface area contributed by atoms with Gasteiger partial charge in [-0.1, -0.05) is 54.1 Å². The number of halogens is 1. The van der Waals surface area contributed by atoms with Gasteiger partial charge in [-0.3, -0.25) is 25.1 Å². The molecule has 0 spiro atoms. The number of hydrogen-bond acceptors (Lipinski definition) is 6. The third kappa shape index (κ3) is 4.30. The fourth-order valence-electron chi connectivity index (χ4n) is 3.16. The van der Waals surface area contributed by atoms with E-state index in [0.717, 1.165) is 17.2 Å². The molecule has 33 heavy (non-hydrogen) atoms. The van der Waals surface area contributed by atoms with Crippen molar-refractivity contribution in [3.63, 3.8) is 0 Å². The van der Waals surface area contributed by atoms with Crippen molar-refractivity contribution in [1.29, 1.82) is 0 Å². The number of nitrogens with zero attached hydrogens (tertiary/aromatic N) is 2. The van der Waals surface area contributed by atoms with Crippen molar-refractivity contribution in [1.82, 2.24) is 5.43 Å². The van der Waals surface area contributed by atoms with E-state index >= 15 is 0 Å². The second-order valence-electron chi connectivity index (χ2n) is 6.80. The lowest BCUT2D eigenvalue weighted by Crippen LogP contribution is -2.35. The highest BCUT2D eigenvalue weighted by molar-refractivity contribution is 6.33. The molecule has 9 nitrogen and oxygen atoms in total. The predicted octanol–water partition coefficient (Wildman–Crippen LogP) is 3.93. The van der Waals surface area contributed by atoms with Crippen molar-refractivity contribution in [3.8, 4) is 5.75 Å². The van der Waals surface area contributed by atoms with Crippen molar-refractivity contribution in [2.45, 2.75) is 0 Å². The van der Waals surface area contributed by atoms with Gasteiger partial charge in [0, 0.05) is 11.6 Å². The van der Waals surface area contributed by atoms with E-state index in [1.165, 1.54) is 24.3 Å². The zero-order valence-corrected chi connectivity index (χ0v) is 17.5. The molecule has 1 N–H and O–H groups in total. The third-order valence-electron chi connectivity index (χ3n) is 4.72. The maximum absolute atomic E-state index is 12.9. The van der Waals surface area contributed by atoms with E-state index in [1.807, 2.05) is 0 Å². The molecule has 164 valence electrons. The Morgan fingerprint density at radius 1 is 1.00 bits per heavy atom. The fourth-order valence-corrected chi connectivity index (χ4v) is 3.37. The second-order valence-corrected chi connectivity index (χ2v) is 7.20. The Balaban J connectivity index is 1.75. The molecule has 10 heteroatoms. The summed E-state index contributed by atoms with van der Waals surface area (Å²) in [5.74, 6) is -2.72. The van der Waals surface area contributed by atoms with Crippen LogP contribution in [0.1, 0.15) is 15.9 Å². The molecule has 0 atom stereocenters. The van der Waals surface area contributed by atoms with Crippen LogP contribution in [0, 0.1) is 10.1 Å². The number of amides is 2. The van der Waals surface area contributed by atoms with E-state index in [0.29, 0.717) is 5.69 Å². The van der Waals surface area contributed by atoms with Crippen LogP contribution in [0.15, 0.2) is 78.4 Å². The maximum atomic E-state index is 12.9. The van der Waals surface area contributed by atoms with Gasteiger partial charge in [0.2, 0.25) is 5.75 Å². The summed E-state index contributed by atoms with van der Waals surface area (Å²) in [5, 5.41) is 12.7. The average molecular weight is 464 g/mol. The fraction of sp³-hybridized carbons (Fsp3) is 0. The molecule has 4 rings (SSSR count). The Hall–Kier alpha value is -4.50. The number of nitrogens with one attached hydrogen (secondary N) is 1. The minimum absolute atomic E-state index is 0.000796. The van der Waals surface area contributed by atoms with E-state index in [1.54, 1.807) is 42.5 Å². The number of hydrogen-bond donors (Lipinski definition) is 1. The Morgan fingerprint density at radius 2 is 1.70 bits per heavy atom. The lowest BCUT2D eigenvalue weighted by Gasteiger charge is -2.14. The number of ether oxygens (including phenoxy) is 1. The number of rotatable bonds is 5. The van der Waals surface area contributed by atoms with Gasteiger partial charge in [-0.05, 0) is 30.3 Å². The van der Waals surface area contributed by atoms with Crippen LogP contribution in [-0.2, 0) is 9.59 Å². The lowest BCUT2D eigenvalue weighted by atomic mass is 10.1. The summed E-state index contributed by atoms with van der Waals surface area (Å²) < 4.78 is 5.33. The summed E-state index contributed by atoms with van der Waals surface area (Å²) in [6, 6.07) is 18.3. The van der Waals surface area contributed by atoms with E-state index in [4.69, 9.17) is 16.3 Å². The van der Waals surface area contributed by atoms with Crippen LogP contribution in [0.3, 0.4) is 0 Å². The van der Waals surface area contributed by atoms with Gasteiger partial charge in [0.15, 0.2) is 0 Å². The van der Waals surface area contributed by atoms with Gasteiger partial charge in [-0.25, -0.2) is 9.80 Å². The van der Waals surface area contributed by atoms with Gasteiger partial charge in [-0.15, -0.1) is 0 Å². The van der Waals surface area contributed by atoms with Gasteiger partial charge in [-0.2, -0.15) is 0 Å². The molecule has 1 saturated heterocycles. The molecule has 0 aromatic heterocycles. The molecule has 0 saturated carbocycles. The number of esters is 1. The molecular weight excluding hydrogens is 450 g/mol. The highest BCUT2D eigenvalue weighted by Crippen LogP contribution is 2.34. The van der Waals surface area contributed by atoms with E-state index in [9.17, 15) is 24.5 Å². The summed E-state index contributed by atoms with van der Waals surface area (Å²) in [4.78, 5) is 48.8. The Kier molecular flexibility index (Phi) is 5.88. The van der Waals surface area contributed by atoms with Crippen molar-refractivity contribution in [2.24, 2.45) is 0 Å². The number of para-hydroxylation sites is 2. The molecular formula is C23H14ClN3O6. The first-order valence-electron chi connectivity index (χ1n) is 9.53. The van der Waals surface area contributed by atoms with Crippen LogP contribution in [0.2, 0.25) is 5.02 Å². The zero-order chi connectivity index (χ0) is 23.5. The number of carbonyl (C=O) groups is 3. The molecule has 0 bridgehead atoms. The first kappa shape index (κ1) is 21.7. The maximum Gasteiger partial charge on any atom is 0.345 e. The van der Waals surface area contributed by atoms with E-state index in [-0.39, 0.29) is 21.7 Å². The summed E-state index contributed by atoms with van der Waals surface area (Å²) >= 11 is 6.03. The van der Waals surface area contributed by atoms with Crippen LogP contribution >= 0.6 is 11.6 Å². The first-order chi connectivity index (χ1) is 15.9. The highest BCUT2D eigenvalue weighted by atomic mass is 35.5. The summed E-state index contributed by atoms with van der Waals surface area (Å²) in [6.45, 7) is 0. The molecule has 1 aliphatic rings. The smallest absolute Gasteiger partial charge is 0.345 e. The average Bonchev–Trinajstić information content (AvgIpc) is 3.09. The minimum atomic E-state index is -0.928. The summed E-state index contributed by atoms with van der Waals surface area (Å²) in [6.07, 6.45) is 1.14. The first-order valence-corrected chi connectivity index (χ1v) is 9.91. The highest BCUT2D eigenvalue weighted by Gasteiger charge is 2.35. The molecule has 0 radical (unpaired) electrons. The predicted molar refractivity (Wildman–Crippen MR) is 120 cm³/mol. The monoisotopic (exact) mass is 463 g/mol. The molecule has 3 aromatic rings. The van der Waals surface area contributed by atoms with Gasteiger partial charge < -0.3 is 4.74 Å². The standard InChI is InChI=1S/C23H14ClN3O6/c24-18-11-5-4-10-16(18)23(30)33-20-14(7-6-12-19(20)27(31)32)13-17-21(28)25-26(22(17)29)15-8-2-1-3-9-15/h1-13H,(H,25,28)/b17-13-. The van der Waals surface area contributed by atoms with Gasteiger partial charge in [0.05, 0.1) is 21.2 Å². The largest absolute Gasteiger partial charge is 0.415 e. The van der Waals surface area contributed by atoms with Crippen molar-refractivity contribution in [2.75, 3.05) is 5.01 Å². The normalized spacial score (nSPS) is 14.3. The van der Waals surface area contributed by atoms with Crippen molar-refractivity contribution < 1.29 is 24.0 Å². The zero-order valence-electron chi connectivity index (χ0n) is 16.7. The quantitative estimate of drug-likeness (QED) is 0.153. The lowest BCUT2D eigenvalue weighted by molar-refractivity contribution is -0.385. The number of benzene rings is 3. The number of nitro groups is 1. The minimum Gasteiger partial charge on any atom is -0.415 e. The topological polar surface area (TPSA) is 119 Å². The van der Waals surface area contributed by atoms with Crippen LogP contribution in [0.4, 0.5) is 11.4 Å². The summed E-state index contributed by atoms with van der Waals surface area (Å²) in [7, 11) is 0. The van der Waals surface area contributed by atoms with Gasteiger partial charge in [0.25, 0.3) is 11.8 Å². The van der Waals surface area contributed by atoms with Crippen LogP contribution in [-0.4, -0.2) is 22.7 Å². The molecule has 2 amide bonds. The third-order valence-corrected chi connectivity index (χ3v) is 5.05. The van der Waals surface area contributed by atoms with Crippen LogP contribution < -0.4 is 15.2 Å². The van der Waals surface area contributed by atoms with E-state index in [2.05, 4.69) is 5.43 Å². The van der Waals surface area contributed by atoms with Gasteiger partial charge in [0.1, 0.15) is 5.57 Å². The van der Waals surface area contributed by atoms with Gasteiger partial charge >= 0.3 is 11.7 Å². The van der Waals surface area contributed by atoms with Crippen LogP contribution in [0.5, 0.6) is 5.75 Å².